The molecule has 0 atom stereocenters. The lowest BCUT2D eigenvalue weighted by atomic mass is 9.94. The molecule has 6 heterocycles. The summed E-state index contributed by atoms with van der Waals surface area (Å²) in [6.45, 7) is 0. The van der Waals surface area contributed by atoms with Gasteiger partial charge in [0.2, 0.25) is 0 Å². The summed E-state index contributed by atoms with van der Waals surface area (Å²) in [6, 6.07) is 101. The Labute approximate surface area is 535 Å². The molecule has 0 aliphatic carbocycles. The van der Waals surface area contributed by atoms with Crippen molar-refractivity contribution in [3.05, 3.63) is 291 Å². The highest BCUT2D eigenvalue weighted by atomic mass is 32.1. The van der Waals surface area contributed by atoms with E-state index in [2.05, 4.69) is 212 Å². The van der Waals surface area contributed by atoms with E-state index in [4.69, 9.17) is 38.7 Å². The summed E-state index contributed by atoms with van der Waals surface area (Å²) < 4.78 is 16.1. The fourth-order valence-corrected chi connectivity index (χ4v) is 14.9. The lowest BCUT2D eigenvalue weighted by Crippen LogP contribution is -1.96. The SMILES string of the molecule is c1ccc(-c2cccc(-c3cc(-c4cccc5oc6c(-c7cccc(-c8ccc(-c9cc(-c%10cccc%11oc%12cccc(-c%13nc%14ccccc%14s%13)c%12c%10%11)nc(-c%10ccccc%10)n9)cc8)c7)ccc(-c7nc8ccccc8s7)c6c45)nc(-c4ccccc4)n3)c2)cc1. The summed E-state index contributed by atoms with van der Waals surface area (Å²) in [4.78, 5) is 31.6. The van der Waals surface area contributed by atoms with E-state index in [1.54, 1.807) is 22.7 Å². The van der Waals surface area contributed by atoms with Gasteiger partial charge >= 0.3 is 0 Å². The Kier molecular flexibility index (Phi) is 12.8. The van der Waals surface area contributed by atoms with Gasteiger partial charge in [-0.1, -0.05) is 218 Å². The third kappa shape index (κ3) is 9.35. The van der Waals surface area contributed by atoms with Crippen molar-refractivity contribution in [2.24, 2.45) is 0 Å². The predicted molar refractivity (Wildman–Crippen MR) is 378 cm³/mol. The average Bonchev–Trinajstić information content (AvgIpc) is 1.60. The Morgan fingerprint density at radius 3 is 1.20 bits per heavy atom. The number of rotatable bonds is 11. The number of nitrogens with zero attached hydrogens (tertiary/aromatic N) is 6. The molecule has 18 rings (SSSR count). The summed E-state index contributed by atoms with van der Waals surface area (Å²) in [5, 5.41) is 5.78. The molecule has 0 amide bonds. The first-order valence-electron chi connectivity index (χ1n) is 30.5. The molecule has 0 fully saturated rings. The molecule has 8 nitrogen and oxygen atoms in total. The van der Waals surface area contributed by atoms with Crippen molar-refractivity contribution >= 4 is 87.0 Å². The van der Waals surface area contributed by atoms with Crippen molar-refractivity contribution < 1.29 is 8.83 Å². The number of thiazole rings is 2. The second-order valence-electron chi connectivity index (χ2n) is 22.8. The molecule has 0 aliphatic rings. The number of benzene rings is 12. The van der Waals surface area contributed by atoms with E-state index in [0.717, 1.165) is 175 Å². The molecule has 0 bridgehead atoms. The highest BCUT2D eigenvalue weighted by molar-refractivity contribution is 7.22. The van der Waals surface area contributed by atoms with Crippen LogP contribution in [0.15, 0.2) is 300 Å². The number of fused-ring (bicyclic) bond motifs is 8. The van der Waals surface area contributed by atoms with Gasteiger partial charge in [-0.05, 0) is 101 Å². The van der Waals surface area contributed by atoms with Gasteiger partial charge in [0.1, 0.15) is 32.3 Å². The van der Waals surface area contributed by atoms with E-state index in [0.29, 0.717) is 11.6 Å². The Bertz CT molecular complexity index is 5830. The number of furan rings is 2. The zero-order valence-corrected chi connectivity index (χ0v) is 50.7. The molecule has 0 radical (unpaired) electrons. The van der Waals surface area contributed by atoms with Crippen molar-refractivity contribution in [1.82, 2.24) is 29.9 Å². The third-order valence-corrected chi connectivity index (χ3v) is 19.4. The van der Waals surface area contributed by atoms with Gasteiger partial charge < -0.3 is 8.83 Å². The van der Waals surface area contributed by atoms with Crippen molar-refractivity contribution in [3.63, 3.8) is 0 Å². The number of hydrogen-bond donors (Lipinski definition) is 0. The maximum atomic E-state index is 7.22. The molecule has 0 N–H and O–H groups in total. The van der Waals surface area contributed by atoms with E-state index >= 15 is 0 Å². The molecular formula is C82H48N6O2S2. The predicted octanol–water partition coefficient (Wildman–Crippen LogP) is 22.6. The van der Waals surface area contributed by atoms with Gasteiger partial charge in [-0.2, -0.15) is 0 Å². The Morgan fingerprint density at radius 1 is 0.228 bits per heavy atom. The molecule has 0 aliphatic heterocycles. The first-order valence-corrected chi connectivity index (χ1v) is 32.1. The topological polar surface area (TPSA) is 104 Å². The lowest BCUT2D eigenvalue weighted by molar-refractivity contribution is 0.669. The molecule has 0 spiro atoms. The summed E-state index contributed by atoms with van der Waals surface area (Å²) in [5.41, 5.74) is 22.3. The van der Waals surface area contributed by atoms with Gasteiger partial charge in [0.15, 0.2) is 11.6 Å². The molecule has 18 aromatic rings. The van der Waals surface area contributed by atoms with E-state index in [1.165, 1.54) is 0 Å². The van der Waals surface area contributed by atoms with Crippen LogP contribution in [-0.2, 0) is 0 Å². The van der Waals surface area contributed by atoms with E-state index in [1.807, 2.05) is 78.9 Å². The van der Waals surface area contributed by atoms with Crippen LogP contribution in [0.4, 0.5) is 0 Å². The largest absolute Gasteiger partial charge is 0.456 e. The van der Waals surface area contributed by atoms with Crippen LogP contribution in [0.2, 0.25) is 0 Å². The minimum Gasteiger partial charge on any atom is -0.456 e. The zero-order chi connectivity index (χ0) is 60.6. The fraction of sp³-hybridized carbons (Fsp3) is 0. The van der Waals surface area contributed by atoms with E-state index < -0.39 is 0 Å². The van der Waals surface area contributed by atoms with E-state index in [9.17, 15) is 0 Å². The maximum Gasteiger partial charge on any atom is 0.160 e. The van der Waals surface area contributed by atoms with Gasteiger partial charge in [-0.3, -0.25) is 0 Å². The van der Waals surface area contributed by atoms with Crippen LogP contribution < -0.4 is 0 Å². The first kappa shape index (κ1) is 53.2. The lowest BCUT2D eigenvalue weighted by Gasteiger charge is -2.12. The van der Waals surface area contributed by atoms with E-state index in [-0.39, 0.29) is 0 Å². The molecule has 10 heteroatoms. The molecule has 0 unspecified atom stereocenters. The minimum absolute atomic E-state index is 0.632. The molecule has 92 heavy (non-hydrogen) atoms. The van der Waals surface area contributed by atoms with Crippen LogP contribution in [0.25, 0.3) is 187 Å². The van der Waals surface area contributed by atoms with Gasteiger partial charge in [0, 0.05) is 71.6 Å². The van der Waals surface area contributed by atoms with Gasteiger partial charge in [0.05, 0.1) is 43.2 Å². The Morgan fingerprint density at radius 2 is 0.620 bits per heavy atom. The number of aromatic nitrogens is 6. The fourth-order valence-electron chi connectivity index (χ4n) is 12.9. The molecule has 0 saturated heterocycles. The van der Waals surface area contributed by atoms with Crippen molar-refractivity contribution in [3.8, 4) is 122 Å². The van der Waals surface area contributed by atoms with Crippen molar-refractivity contribution in [2.45, 2.75) is 0 Å². The molecule has 12 aromatic carbocycles. The summed E-state index contributed by atoms with van der Waals surface area (Å²) >= 11 is 3.38. The number of hydrogen-bond acceptors (Lipinski definition) is 10. The summed E-state index contributed by atoms with van der Waals surface area (Å²) in [6.07, 6.45) is 0. The quantitative estimate of drug-likeness (QED) is 0.126. The highest BCUT2D eigenvalue weighted by Gasteiger charge is 2.25. The van der Waals surface area contributed by atoms with Crippen LogP contribution in [0.3, 0.4) is 0 Å². The molecule has 6 aromatic heterocycles. The van der Waals surface area contributed by atoms with Gasteiger partial charge in [0.25, 0.3) is 0 Å². The van der Waals surface area contributed by atoms with Crippen LogP contribution in [0.1, 0.15) is 0 Å². The monoisotopic (exact) mass is 1210 g/mol. The average molecular weight is 1210 g/mol. The van der Waals surface area contributed by atoms with Crippen molar-refractivity contribution in [1.29, 1.82) is 0 Å². The van der Waals surface area contributed by atoms with Crippen LogP contribution in [0.5, 0.6) is 0 Å². The molecule has 430 valence electrons. The van der Waals surface area contributed by atoms with Crippen molar-refractivity contribution in [2.75, 3.05) is 0 Å². The second-order valence-corrected chi connectivity index (χ2v) is 24.9. The smallest absolute Gasteiger partial charge is 0.160 e. The maximum absolute atomic E-state index is 7.22. The van der Waals surface area contributed by atoms with Gasteiger partial charge in [-0.25, -0.2) is 29.9 Å². The van der Waals surface area contributed by atoms with Crippen LogP contribution in [-0.4, -0.2) is 29.9 Å². The Hall–Kier alpha value is -11.8. The second kappa shape index (κ2) is 22.0. The first-order chi connectivity index (χ1) is 45.5. The van der Waals surface area contributed by atoms with Gasteiger partial charge in [-0.15, -0.1) is 22.7 Å². The standard InChI is InChI=1S/C82H48N6O2S2/c1-4-19-49(20-5-1)55-26-15-28-57(46-55)66-48-68(86-80(84-66)53-23-8-3-9-24-53)60-30-17-36-71-75(60)77-62(82-88-64-33-11-13-38-73(64)92-82)44-43-58(78(77)90-71)56-27-14-25-54(45-56)50-39-41-51(42-40-50)65-47-67(85-79(83-65)52-21-6-2-7-22-52)59-29-16-34-69-74(59)76-61(31-18-35-70(76)89-69)81-87-63-32-10-12-37-72(63)91-81/h1-48H. The minimum atomic E-state index is 0.632. The van der Waals surface area contributed by atoms with Crippen LogP contribution >= 0.6 is 22.7 Å². The molecule has 0 saturated carbocycles. The highest BCUT2D eigenvalue weighted by Crippen LogP contribution is 2.48. The summed E-state index contributed by atoms with van der Waals surface area (Å²) in [7, 11) is 0. The zero-order valence-electron chi connectivity index (χ0n) is 49.0. The Balaban J connectivity index is 0.755. The normalized spacial score (nSPS) is 11.7. The molecular weight excluding hydrogens is 1170 g/mol. The summed E-state index contributed by atoms with van der Waals surface area (Å²) in [5.74, 6) is 1.27. The number of para-hydroxylation sites is 2. The van der Waals surface area contributed by atoms with Crippen LogP contribution in [0, 0.1) is 0 Å². The third-order valence-electron chi connectivity index (χ3n) is 17.2.